The highest BCUT2D eigenvalue weighted by molar-refractivity contribution is 5.91. The van der Waals surface area contributed by atoms with Gasteiger partial charge in [-0.3, -0.25) is 24.5 Å². The Morgan fingerprint density at radius 1 is 1.52 bits per heavy atom. The molecule has 1 fully saturated rings. The van der Waals surface area contributed by atoms with E-state index in [-0.39, 0.29) is 35.5 Å². The van der Waals surface area contributed by atoms with Gasteiger partial charge in [-0.1, -0.05) is 13.8 Å². The van der Waals surface area contributed by atoms with Crippen LogP contribution in [0.2, 0.25) is 0 Å². The summed E-state index contributed by atoms with van der Waals surface area (Å²) < 4.78 is 6.67. The first kappa shape index (κ1) is 15.6. The molecular weight excluding hydrogens is 306 g/mol. The lowest BCUT2D eigenvalue weighted by atomic mass is 10.2. The number of H-pyrrole nitrogens is 1. The normalized spacial score (nSPS) is 24.5. The van der Waals surface area contributed by atoms with E-state index in [0.29, 0.717) is 0 Å². The largest absolute Gasteiger partial charge is 0.388 e. The predicted molar refractivity (Wildman–Crippen MR) is 78.6 cm³/mol. The lowest BCUT2D eigenvalue weighted by Crippen LogP contribution is -2.28. The second-order valence-corrected chi connectivity index (χ2v) is 5.66. The number of aliphatic hydroxyl groups is 2. The Morgan fingerprint density at radius 2 is 2.26 bits per heavy atom. The van der Waals surface area contributed by atoms with Crippen molar-refractivity contribution in [3.05, 3.63) is 16.7 Å². The molecule has 0 unspecified atom stereocenters. The minimum absolute atomic E-state index is 0.0176. The van der Waals surface area contributed by atoms with Crippen LogP contribution in [-0.2, 0) is 9.53 Å². The predicted octanol–water partition coefficient (Wildman–Crippen LogP) is -1.04. The highest BCUT2D eigenvalue weighted by Crippen LogP contribution is 2.26. The van der Waals surface area contributed by atoms with Gasteiger partial charge in [0.25, 0.3) is 5.56 Å². The Morgan fingerprint density at radius 3 is 2.87 bits per heavy atom. The van der Waals surface area contributed by atoms with E-state index in [0.717, 1.165) is 0 Å². The second kappa shape index (κ2) is 5.72. The molecule has 124 valence electrons. The Labute approximate surface area is 130 Å². The van der Waals surface area contributed by atoms with Gasteiger partial charge in [-0.05, 0) is 0 Å². The van der Waals surface area contributed by atoms with E-state index >= 15 is 0 Å². The van der Waals surface area contributed by atoms with Crippen LogP contribution in [0.4, 0.5) is 5.95 Å². The standard InChI is InChI=1S/C13H17N5O5/c1-5(2)10(21)16-13-15-9-7(11(22)17-13)14-4-18(9)12-8(20)6(19)3-23-12/h4-6,8,12,19-20H,3H2,1-2H3,(H2,15,16,17,21,22)/t6-,8+,12+/m0/s1. The molecule has 3 atom stereocenters. The SMILES string of the molecule is CC(C)C(=O)Nc1nc2c(ncn2[C@@H]2OC[C@H](O)[C@H]2O)c(=O)[nH]1. The molecular formula is C13H17N5O5. The number of carbonyl (C=O) groups excluding carboxylic acids is 1. The maximum atomic E-state index is 12.0. The van der Waals surface area contributed by atoms with Crippen LogP contribution in [-0.4, -0.2) is 54.5 Å². The molecule has 23 heavy (non-hydrogen) atoms. The fourth-order valence-corrected chi connectivity index (χ4v) is 2.26. The molecule has 10 heteroatoms. The fourth-order valence-electron chi connectivity index (χ4n) is 2.26. The molecule has 10 nitrogen and oxygen atoms in total. The van der Waals surface area contributed by atoms with Gasteiger partial charge in [-0.15, -0.1) is 0 Å². The van der Waals surface area contributed by atoms with Gasteiger partial charge in [0.1, 0.15) is 12.2 Å². The van der Waals surface area contributed by atoms with Crippen molar-refractivity contribution in [1.82, 2.24) is 19.5 Å². The number of nitrogens with zero attached hydrogens (tertiary/aromatic N) is 3. The van der Waals surface area contributed by atoms with Crippen LogP contribution in [0.5, 0.6) is 0 Å². The van der Waals surface area contributed by atoms with E-state index in [2.05, 4.69) is 20.3 Å². The van der Waals surface area contributed by atoms with Crippen LogP contribution in [0.1, 0.15) is 20.1 Å². The number of rotatable bonds is 3. The van der Waals surface area contributed by atoms with Crippen LogP contribution in [0.3, 0.4) is 0 Å². The Balaban J connectivity index is 2.03. The highest BCUT2D eigenvalue weighted by Gasteiger charge is 2.37. The van der Waals surface area contributed by atoms with Gasteiger partial charge in [-0.2, -0.15) is 4.98 Å². The van der Waals surface area contributed by atoms with Crippen LogP contribution in [0.15, 0.2) is 11.1 Å². The van der Waals surface area contributed by atoms with Crippen molar-refractivity contribution in [3.8, 4) is 0 Å². The molecule has 0 aromatic carbocycles. The van der Waals surface area contributed by atoms with E-state index in [1.54, 1.807) is 13.8 Å². The van der Waals surface area contributed by atoms with E-state index in [1.165, 1.54) is 10.9 Å². The van der Waals surface area contributed by atoms with Gasteiger partial charge >= 0.3 is 0 Å². The van der Waals surface area contributed by atoms with Gasteiger partial charge in [0, 0.05) is 5.92 Å². The summed E-state index contributed by atoms with van der Waals surface area (Å²) in [5.74, 6) is -0.599. The maximum Gasteiger partial charge on any atom is 0.280 e. The molecule has 0 radical (unpaired) electrons. The van der Waals surface area contributed by atoms with Crippen molar-refractivity contribution < 1.29 is 19.7 Å². The molecule has 0 bridgehead atoms. The minimum Gasteiger partial charge on any atom is -0.388 e. The molecule has 1 aliphatic heterocycles. The molecule has 0 saturated carbocycles. The number of amides is 1. The lowest BCUT2D eigenvalue weighted by Gasteiger charge is -2.16. The summed E-state index contributed by atoms with van der Waals surface area (Å²) in [6.45, 7) is 3.38. The molecule has 3 rings (SSSR count). The first-order valence-corrected chi connectivity index (χ1v) is 7.14. The summed E-state index contributed by atoms with van der Waals surface area (Å²) in [6, 6.07) is 0. The maximum absolute atomic E-state index is 12.0. The summed E-state index contributed by atoms with van der Waals surface area (Å²) in [5.41, 5.74) is -0.337. The fraction of sp³-hybridized carbons (Fsp3) is 0.538. The molecule has 2 aromatic rings. The average Bonchev–Trinajstić information content (AvgIpc) is 3.04. The smallest absolute Gasteiger partial charge is 0.280 e. The number of carbonyl (C=O) groups is 1. The molecule has 0 aliphatic carbocycles. The zero-order valence-corrected chi connectivity index (χ0v) is 12.6. The first-order chi connectivity index (χ1) is 10.9. The van der Waals surface area contributed by atoms with Crippen molar-refractivity contribution in [2.45, 2.75) is 32.3 Å². The van der Waals surface area contributed by atoms with Crippen LogP contribution < -0.4 is 10.9 Å². The monoisotopic (exact) mass is 323 g/mol. The summed E-state index contributed by atoms with van der Waals surface area (Å²) >= 11 is 0. The third kappa shape index (κ3) is 2.71. The topological polar surface area (TPSA) is 142 Å². The molecule has 1 amide bonds. The van der Waals surface area contributed by atoms with Gasteiger partial charge in [0.15, 0.2) is 17.4 Å². The van der Waals surface area contributed by atoms with Gasteiger partial charge in [0.2, 0.25) is 11.9 Å². The van der Waals surface area contributed by atoms with E-state index in [1.807, 2.05) is 0 Å². The zero-order valence-electron chi connectivity index (χ0n) is 12.6. The number of hydrogen-bond donors (Lipinski definition) is 4. The number of aromatic amines is 1. The quantitative estimate of drug-likeness (QED) is 0.565. The van der Waals surface area contributed by atoms with Crippen molar-refractivity contribution in [3.63, 3.8) is 0 Å². The lowest BCUT2D eigenvalue weighted by molar-refractivity contribution is -0.118. The first-order valence-electron chi connectivity index (χ1n) is 7.14. The minimum atomic E-state index is -1.16. The third-order valence-corrected chi connectivity index (χ3v) is 3.60. The number of imidazole rings is 1. The molecule has 1 aliphatic rings. The average molecular weight is 323 g/mol. The van der Waals surface area contributed by atoms with Crippen molar-refractivity contribution >= 4 is 23.0 Å². The van der Waals surface area contributed by atoms with Crippen molar-refractivity contribution in [1.29, 1.82) is 0 Å². The summed E-state index contributed by atoms with van der Waals surface area (Å²) in [5, 5.41) is 22.0. The van der Waals surface area contributed by atoms with Gasteiger partial charge in [0.05, 0.1) is 12.9 Å². The summed E-state index contributed by atoms with van der Waals surface area (Å²) in [7, 11) is 0. The van der Waals surface area contributed by atoms with Crippen molar-refractivity contribution in [2.75, 3.05) is 11.9 Å². The van der Waals surface area contributed by atoms with Crippen LogP contribution >= 0.6 is 0 Å². The Bertz CT molecular complexity index is 798. The molecule has 1 saturated heterocycles. The van der Waals surface area contributed by atoms with Crippen molar-refractivity contribution in [2.24, 2.45) is 5.92 Å². The zero-order chi connectivity index (χ0) is 16.7. The Kier molecular flexibility index (Phi) is 3.88. The number of nitrogens with one attached hydrogen (secondary N) is 2. The summed E-state index contributed by atoms with van der Waals surface area (Å²) in [6.07, 6.45) is -1.80. The number of aromatic nitrogens is 4. The number of fused-ring (bicyclic) bond motifs is 1. The van der Waals surface area contributed by atoms with E-state index < -0.39 is 24.0 Å². The van der Waals surface area contributed by atoms with Crippen LogP contribution in [0, 0.1) is 5.92 Å². The molecule has 4 N–H and O–H groups in total. The number of hydrogen-bond acceptors (Lipinski definition) is 7. The van der Waals surface area contributed by atoms with Crippen LogP contribution in [0.25, 0.3) is 11.2 Å². The number of ether oxygens (including phenoxy) is 1. The van der Waals surface area contributed by atoms with E-state index in [4.69, 9.17) is 4.74 Å². The van der Waals surface area contributed by atoms with Gasteiger partial charge in [-0.25, -0.2) is 4.98 Å². The third-order valence-electron chi connectivity index (χ3n) is 3.60. The number of anilines is 1. The molecule has 3 heterocycles. The van der Waals surface area contributed by atoms with Gasteiger partial charge < -0.3 is 14.9 Å². The highest BCUT2D eigenvalue weighted by atomic mass is 16.5. The number of aliphatic hydroxyl groups excluding tert-OH is 2. The Hall–Kier alpha value is -2.30. The van der Waals surface area contributed by atoms with E-state index in [9.17, 15) is 19.8 Å². The second-order valence-electron chi connectivity index (χ2n) is 5.66. The summed E-state index contributed by atoms with van der Waals surface area (Å²) in [4.78, 5) is 34.3. The molecule has 2 aromatic heterocycles. The molecule has 0 spiro atoms.